The van der Waals surface area contributed by atoms with Crippen LogP contribution in [0.1, 0.15) is 89.5 Å². The molecule has 1 aliphatic rings. The first-order valence-electron chi connectivity index (χ1n) is 11.2. The minimum atomic E-state index is -2.61. The number of hydrogen-bond acceptors (Lipinski definition) is 8. The number of hydrogen-bond donors (Lipinski definition) is 1. The topological polar surface area (TPSA) is 119 Å². The van der Waals surface area contributed by atoms with Gasteiger partial charge in [0.25, 0.3) is 5.54 Å². The van der Waals surface area contributed by atoms with Gasteiger partial charge in [-0.15, -0.1) is 0 Å². The summed E-state index contributed by atoms with van der Waals surface area (Å²) in [5.41, 5.74) is -7.84. The fourth-order valence-corrected chi connectivity index (χ4v) is 3.78. The Kier molecular flexibility index (Phi) is 7.78. The van der Waals surface area contributed by atoms with Crippen molar-refractivity contribution in [2.75, 3.05) is 0 Å². The maximum absolute atomic E-state index is 13.7. The highest BCUT2D eigenvalue weighted by Gasteiger charge is 2.74. The summed E-state index contributed by atoms with van der Waals surface area (Å²) in [7, 11) is 0. The monoisotopic (exact) mass is 471 g/mol. The molecule has 1 amide bonds. The van der Waals surface area contributed by atoms with Gasteiger partial charge in [-0.2, -0.15) is 0 Å². The average Bonchev–Trinajstić information content (AvgIpc) is 2.68. The van der Waals surface area contributed by atoms with Gasteiger partial charge in [-0.3, -0.25) is 4.79 Å². The molecule has 0 aromatic rings. The third-order valence-corrected chi connectivity index (χ3v) is 4.85. The van der Waals surface area contributed by atoms with Crippen molar-refractivity contribution < 1.29 is 38.5 Å². The number of carbonyl (C=O) groups excluding carboxylic acids is 4. The van der Waals surface area contributed by atoms with Gasteiger partial charge in [0.1, 0.15) is 28.4 Å². The first-order valence-corrected chi connectivity index (χ1v) is 11.2. The Balaban J connectivity index is 3.90. The summed E-state index contributed by atoms with van der Waals surface area (Å²) in [4.78, 5) is 54.8. The van der Waals surface area contributed by atoms with E-state index < -0.39 is 70.1 Å². The summed E-state index contributed by atoms with van der Waals surface area (Å²) in [5.74, 6) is -4.48. The van der Waals surface area contributed by atoms with Crippen LogP contribution in [0, 0.1) is 5.92 Å². The largest absolute Gasteiger partial charge is 0.458 e. The Morgan fingerprint density at radius 2 is 1.21 bits per heavy atom. The van der Waals surface area contributed by atoms with Gasteiger partial charge < -0.3 is 24.2 Å². The predicted molar refractivity (Wildman–Crippen MR) is 121 cm³/mol. The van der Waals surface area contributed by atoms with Crippen molar-refractivity contribution in [2.24, 2.45) is 5.92 Å². The second-order valence-electron chi connectivity index (χ2n) is 12.2. The Hall–Kier alpha value is -2.16. The Morgan fingerprint density at radius 1 is 0.848 bits per heavy atom. The van der Waals surface area contributed by atoms with Crippen molar-refractivity contribution >= 4 is 23.8 Å². The first kappa shape index (κ1) is 28.9. The van der Waals surface area contributed by atoms with Crippen molar-refractivity contribution in [2.45, 2.75) is 123 Å². The third kappa shape index (κ3) is 6.25. The molecule has 0 saturated carbocycles. The van der Waals surface area contributed by atoms with Crippen LogP contribution in [0.15, 0.2) is 0 Å². The van der Waals surface area contributed by atoms with Crippen molar-refractivity contribution in [1.29, 1.82) is 0 Å². The van der Waals surface area contributed by atoms with E-state index in [4.69, 9.17) is 14.2 Å². The van der Waals surface area contributed by atoms with Gasteiger partial charge in [-0.25, -0.2) is 14.4 Å². The summed E-state index contributed by atoms with van der Waals surface area (Å²) >= 11 is 0. The van der Waals surface area contributed by atoms with E-state index in [-0.39, 0.29) is 0 Å². The van der Waals surface area contributed by atoms with E-state index in [2.05, 4.69) is 0 Å². The van der Waals surface area contributed by atoms with Crippen molar-refractivity contribution in [3.05, 3.63) is 0 Å². The van der Waals surface area contributed by atoms with E-state index in [1.165, 1.54) is 6.92 Å². The lowest BCUT2D eigenvalue weighted by Gasteiger charge is -2.45. The normalized spacial score (nSPS) is 22.2. The lowest BCUT2D eigenvalue weighted by Crippen LogP contribution is -2.72. The molecule has 33 heavy (non-hydrogen) atoms. The summed E-state index contributed by atoms with van der Waals surface area (Å²) in [6.45, 7) is 19.1. The highest BCUT2D eigenvalue weighted by molar-refractivity contribution is 6.13. The molecule has 2 unspecified atom stereocenters. The van der Waals surface area contributed by atoms with E-state index in [9.17, 15) is 24.3 Å². The Bertz CT molecular complexity index is 765. The van der Waals surface area contributed by atoms with Gasteiger partial charge in [0.2, 0.25) is 5.91 Å². The molecule has 1 heterocycles. The van der Waals surface area contributed by atoms with Gasteiger partial charge >= 0.3 is 17.9 Å². The summed E-state index contributed by atoms with van der Waals surface area (Å²) in [6.07, 6.45) is -0.586. The molecule has 2 atom stereocenters. The van der Waals surface area contributed by atoms with Gasteiger partial charge in [0.15, 0.2) is 0 Å². The molecule has 190 valence electrons. The molecule has 1 rings (SSSR count). The molecule has 0 bridgehead atoms. The molecule has 1 N–H and O–H groups in total. The lowest BCUT2D eigenvalue weighted by atomic mass is 9.79. The van der Waals surface area contributed by atoms with Crippen LogP contribution in [-0.4, -0.2) is 67.8 Å². The zero-order valence-corrected chi connectivity index (χ0v) is 22.1. The fraction of sp³-hybridized carbons (Fsp3) is 0.833. The van der Waals surface area contributed by atoms with E-state index in [1.54, 1.807) is 76.2 Å². The molecule has 0 radical (unpaired) electrons. The number of carbonyl (C=O) groups is 4. The lowest BCUT2D eigenvalue weighted by molar-refractivity contribution is -0.205. The van der Waals surface area contributed by atoms with Crippen LogP contribution >= 0.6 is 0 Å². The molecule has 0 aliphatic carbocycles. The zero-order chi connectivity index (χ0) is 26.4. The molecule has 1 aliphatic heterocycles. The standard InChI is InChI=1S/C24H41NO8/c1-14(2)16(17(27)31-20(3,4)5)25-15(26)13-23(12,30)24(25,18(28)32-21(6,7)8)19(29)33-22(9,10)11/h14,16,30H,13H2,1-12H3. The smallest absolute Gasteiger partial charge is 0.347 e. The third-order valence-electron chi connectivity index (χ3n) is 4.85. The molecule has 0 aromatic heterocycles. The van der Waals surface area contributed by atoms with E-state index >= 15 is 0 Å². The molecule has 0 spiro atoms. The van der Waals surface area contributed by atoms with Gasteiger partial charge in [0.05, 0.1) is 6.42 Å². The van der Waals surface area contributed by atoms with Crippen LogP contribution in [0.2, 0.25) is 0 Å². The van der Waals surface area contributed by atoms with Crippen LogP contribution in [-0.2, 0) is 33.4 Å². The second-order valence-corrected chi connectivity index (χ2v) is 12.2. The number of likely N-dealkylation sites (tertiary alicyclic amines) is 1. The molecule has 9 nitrogen and oxygen atoms in total. The highest BCUT2D eigenvalue weighted by Crippen LogP contribution is 2.45. The van der Waals surface area contributed by atoms with Crippen LogP contribution in [0.25, 0.3) is 0 Å². The van der Waals surface area contributed by atoms with Crippen molar-refractivity contribution in [1.82, 2.24) is 4.90 Å². The van der Waals surface area contributed by atoms with Gasteiger partial charge in [-0.05, 0) is 75.2 Å². The zero-order valence-electron chi connectivity index (χ0n) is 22.1. The maximum atomic E-state index is 13.7. The maximum Gasteiger partial charge on any atom is 0.347 e. The minimum absolute atomic E-state index is 0.568. The van der Waals surface area contributed by atoms with E-state index in [1.807, 2.05) is 0 Å². The second kappa shape index (κ2) is 8.89. The Morgan fingerprint density at radius 3 is 1.52 bits per heavy atom. The summed E-state index contributed by atoms with van der Waals surface area (Å²) < 4.78 is 16.6. The highest BCUT2D eigenvalue weighted by atomic mass is 16.6. The summed E-state index contributed by atoms with van der Waals surface area (Å²) in [6, 6.07) is -1.36. The molecule has 1 saturated heterocycles. The number of amides is 1. The average molecular weight is 472 g/mol. The fourth-order valence-electron chi connectivity index (χ4n) is 3.78. The van der Waals surface area contributed by atoms with Gasteiger partial charge in [-0.1, -0.05) is 13.8 Å². The number of rotatable bonds is 5. The van der Waals surface area contributed by atoms with E-state index in [0.717, 1.165) is 4.90 Å². The van der Waals surface area contributed by atoms with Crippen molar-refractivity contribution in [3.8, 4) is 0 Å². The number of esters is 3. The quantitative estimate of drug-likeness (QED) is 0.369. The van der Waals surface area contributed by atoms with Gasteiger partial charge in [0, 0.05) is 0 Å². The number of aliphatic hydroxyl groups is 1. The predicted octanol–water partition coefficient (Wildman–Crippen LogP) is 2.76. The Labute approximate surface area is 197 Å². The minimum Gasteiger partial charge on any atom is -0.458 e. The number of nitrogens with zero attached hydrogens (tertiary/aromatic N) is 1. The molecular formula is C24H41NO8. The van der Waals surface area contributed by atoms with Crippen LogP contribution < -0.4 is 0 Å². The SMILES string of the molecule is CC(C)C(C(=O)OC(C)(C)C)N1C(=O)CC(C)(O)C1(C(=O)OC(C)(C)C)C(=O)OC(C)(C)C. The number of ether oxygens (including phenoxy) is 3. The first-order chi connectivity index (χ1) is 14.5. The van der Waals surface area contributed by atoms with Crippen LogP contribution in [0.4, 0.5) is 0 Å². The molecule has 0 aromatic carbocycles. The van der Waals surface area contributed by atoms with Crippen molar-refractivity contribution in [3.63, 3.8) is 0 Å². The van der Waals surface area contributed by atoms with Crippen LogP contribution in [0.5, 0.6) is 0 Å². The molecular weight excluding hydrogens is 430 g/mol. The summed E-state index contributed by atoms with van der Waals surface area (Å²) in [5, 5.41) is 11.4. The molecule has 1 fully saturated rings. The van der Waals surface area contributed by atoms with E-state index in [0.29, 0.717) is 0 Å². The van der Waals surface area contributed by atoms with Crippen LogP contribution in [0.3, 0.4) is 0 Å². The molecule has 9 heteroatoms.